The third kappa shape index (κ3) is 12.5. The maximum Gasteiger partial charge on any atom is 0.285 e. The molecule has 16 nitrogen and oxygen atoms in total. The molecule has 0 radical (unpaired) electrons. The van der Waals surface area contributed by atoms with Crippen LogP contribution in [-0.4, -0.2) is 151 Å². The van der Waals surface area contributed by atoms with Crippen molar-refractivity contribution in [1.82, 2.24) is 35.4 Å². The largest absolute Gasteiger partial charge is 0.379 e. The van der Waals surface area contributed by atoms with Gasteiger partial charge < -0.3 is 29.9 Å². The van der Waals surface area contributed by atoms with E-state index in [1.165, 1.54) is 0 Å². The van der Waals surface area contributed by atoms with Gasteiger partial charge in [0, 0.05) is 53.3 Å². The van der Waals surface area contributed by atoms with Gasteiger partial charge in [-0.3, -0.25) is 43.5 Å². The van der Waals surface area contributed by atoms with Crippen LogP contribution in [0.4, 0.5) is 0 Å². The summed E-state index contributed by atoms with van der Waals surface area (Å²) in [7, 11) is 6.58. The zero-order chi connectivity index (χ0) is 46.5. The Labute approximate surface area is 373 Å². The topological polar surface area (TPSA) is 180 Å². The third-order valence-electron chi connectivity index (χ3n) is 12.7. The van der Waals surface area contributed by atoms with E-state index in [1.807, 2.05) is 60.6 Å². The van der Waals surface area contributed by atoms with Crippen LogP contribution in [0.2, 0.25) is 0 Å². The van der Waals surface area contributed by atoms with Crippen molar-refractivity contribution < 1.29 is 43.1 Å². The molecule has 8 atom stereocenters. The van der Waals surface area contributed by atoms with E-state index < -0.39 is 48.1 Å². The van der Waals surface area contributed by atoms with Crippen LogP contribution in [0.5, 0.6) is 0 Å². The lowest BCUT2D eigenvalue weighted by molar-refractivity contribution is -0.148. The molecule has 6 amide bonds. The monoisotopic (exact) mass is 878 g/mol. The average Bonchev–Trinajstić information content (AvgIpc) is 3.84. The first-order valence-corrected chi connectivity index (χ1v) is 22.4. The number of hydroxylamine groups is 2. The minimum absolute atomic E-state index is 0.00424. The van der Waals surface area contributed by atoms with Gasteiger partial charge in [-0.2, -0.15) is 0 Å². The predicted octanol–water partition coefficient (Wildman–Crippen LogP) is 3.99. The van der Waals surface area contributed by atoms with Crippen molar-refractivity contribution >= 4 is 35.4 Å². The van der Waals surface area contributed by atoms with Gasteiger partial charge in [0.2, 0.25) is 23.6 Å². The van der Waals surface area contributed by atoms with Crippen molar-refractivity contribution in [3.63, 3.8) is 0 Å². The number of hydrogen-bond acceptors (Lipinski definition) is 11. The van der Waals surface area contributed by atoms with Gasteiger partial charge in [-0.1, -0.05) is 67.0 Å². The number of likely N-dealkylation sites (N-methyl/N-ethyl adjacent to an activating group) is 2. The van der Waals surface area contributed by atoms with Crippen LogP contribution in [0.3, 0.4) is 0 Å². The van der Waals surface area contributed by atoms with Gasteiger partial charge in [0.15, 0.2) is 0 Å². The van der Waals surface area contributed by atoms with Crippen LogP contribution in [0, 0.1) is 23.7 Å². The summed E-state index contributed by atoms with van der Waals surface area (Å²) in [5, 5.41) is 6.82. The highest BCUT2D eigenvalue weighted by Gasteiger charge is 2.43. The van der Waals surface area contributed by atoms with Crippen LogP contribution in [0.25, 0.3) is 0 Å². The summed E-state index contributed by atoms with van der Waals surface area (Å²) >= 11 is 0. The number of methoxy groups -OCH3 is 2. The summed E-state index contributed by atoms with van der Waals surface area (Å²) in [5.41, 5.74) is 1.63. The quantitative estimate of drug-likeness (QED) is 0.146. The fourth-order valence-corrected chi connectivity index (χ4v) is 9.03. The molecule has 2 aromatic rings. The molecule has 0 unspecified atom stereocenters. The highest BCUT2D eigenvalue weighted by molar-refractivity contribution is 6.20. The Morgan fingerprint density at radius 1 is 0.889 bits per heavy atom. The van der Waals surface area contributed by atoms with Gasteiger partial charge in [0.1, 0.15) is 6.04 Å². The van der Waals surface area contributed by atoms with Gasteiger partial charge in [-0.25, -0.2) is 0 Å². The van der Waals surface area contributed by atoms with Gasteiger partial charge in [-0.15, -0.1) is 5.06 Å². The number of benzene rings is 1. The number of amides is 6. The molecular formula is C47H71N7O9. The zero-order valence-electron chi connectivity index (χ0n) is 39.2. The number of nitrogens with zero attached hydrogens (tertiary/aromatic N) is 5. The van der Waals surface area contributed by atoms with Crippen LogP contribution >= 0.6 is 0 Å². The Hall–Kier alpha value is -4.77. The number of carbonyl (C=O) groups is 6. The standard InChI is InChI=1S/C47H71N7O9/c1-12-31(6)41(37(61-10)28-38(55)53-25-15-18-36(53)42(62-11)32(7)43(56)49-24-21-33-19-22-48-23-20-33)52(9)47(60)39(29(2)3)50-44(57)40(30(4)5)51(8)26-27-63-54-45(58)34-16-13-14-17-35(34)46(54)59/h13-14,16-17,19-20,22-23,29-32,36-37,39-42H,12,15,18,21,24-28H2,1-11H3,(H,49,56)(H,50,57)/t31-,32+,36-,37+,39-,40-,41-,42+/m0/s1. The molecule has 0 bridgehead atoms. The second-order valence-electron chi connectivity index (χ2n) is 17.7. The highest BCUT2D eigenvalue weighted by atomic mass is 16.7. The summed E-state index contributed by atoms with van der Waals surface area (Å²) in [6.45, 7) is 14.6. The molecule has 1 fully saturated rings. The molecule has 1 aromatic heterocycles. The Morgan fingerprint density at radius 2 is 1.52 bits per heavy atom. The van der Waals surface area contributed by atoms with E-state index in [0.29, 0.717) is 32.4 Å². The number of pyridine rings is 1. The van der Waals surface area contributed by atoms with Crippen molar-refractivity contribution in [2.24, 2.45) is 23.7 Å². The molecule has 2 aliphatic rings. The summed E-state index contributed by atoms with van der Waals surface area (Å²) in [6.07, 6.45) is 5.07. The van der Waals surface area contributed by atoms with Crippen molar-refractivity contribution in [3.05, 3.63) is 65.5 Å². The second-order valence-corrected chi connectivity index (χ2v) is 17.7. The Bertz CT molecular complexity index is 1830. The molecule has 1 aromatic carbocycles. The van der Waals surface area contributed by atoms with Gasteiger partial charge in [-0.05, 0) is 73.9 Å². The predicted molar refractivity (Wildman–Crippen MR) is 238 cm³/mol. The summed E-state index contributed by atoms with van der Waals surface area (Å²) in [4.78, 5) is 96.7. The second kappa shape index (κ2) is 23.8. The number of ether oxygens (including phenoxy) is 2. The molecule has 16 heteroatoms. The fraction of sp³-hybridized carbons (Fsp3) is 0.638. The molecule has 0 aliphatic carbocycles. The van der Waals surface area contributed by atoms with Gasteiger partial charge in [0.25, 0.3) is 11.8 Å². The van der Waals surface area contributed by atoms with E-state index in [9.17, 15) is 28.8 Å². The minimum atomic E-state index is -0.894. The molecule has 348 valence electrons. The summed E-state index contributed by atoms with van der Waals surface area (Å²) in [5.74, 6) is -3.06. The molecule has 1 saturated heterocycles. The smallest absolute Gasteiger partial charge is 0.285 e. The van der Waals surface area contributed by atoms with E-state index in [4.69, 9.17) is 14.3 Å². The molecule has 0 saturated carbocycles. The van der Waals surface area contributed by atoms with Crippen LogP contribution < -0.4 is 10.6 Å². The number of likely N-dealkylation sites (tertiary alicyclic amines) is 1. The minimum Gasteiger partial charge on any atom is -0.379 e. The molecule has 4 rings (SSSR count). The zero-order valence-corrected chi connectivity index (χ0v) is 39.2. The first-order chi connectivity index (χ1) is 30.0. The highest BCUT2D eigenvalue weighted by Crippen LogP contribution is 2.30. The molecule has 3 heterocycles. The van der Waals surface area contributed by atoms with Crippen LogP contribution in [0.15, 0.2) is 48.8 Å². The maximum atomic E-state index is 14.6. The number of fused-ring (bicyclic) bond motifs is 1. The van der Waals surface area contributed by atoms with E-state index in [0.717, 1.165) is 17.0 Å². The van der Waals surface area contributed by atoms with Crippen molar-refractivity contribution in [1.29, 1.82) is 0 Å². The van der Waals surface area contributed by atoms with Crippen molar-refractivity contribution in [2.75, 3.05) is 54.6 Å². The number of nitrogens with one attached hydrogen (secondary N) is 2. The Morgan fingerprint density at radius 3 is 2.08 bits per heavy atom. The SMILES string of the molecule is CC[C@H](C)[C@@H]([C@@H](CC(=O)N1CCC[C@H]1[C@H](OC)[C@@H](C)C(=O)NCCc1ccncc1)OC)N(C)C(=O)[C@@H](NC(=O)[C@H](C(C)C)N(C)CCON1C(=O)c2ccccc2C1=O)C(C)C. The lowest BCUT2D eigenvalue weighted by Crippen LogP contribution is -2.60. The Kier molecular flexibility index (Phi) is 19.2. The molecular weight excluding hydrogens is 807 g/mol. The number of rotatable bonds is 24. The first kappa shape index (κ1) is 50.9. The third-order valence-corrected chi connectivity index (χ3v) is 12.7. The van der Waals surface area contributed by atoms with Gasteiger partial charge in [0.05, 0.1) is 60.4 Å². The molecule has 2 N–H and O–H groups in total. The van der Waals surface area contributed by atoms with E-state index in [-0.39, 0.29) is 78.1 Å². The number of imide groups is 1. The molecule has 0 spiro atoms. The fourth-order valence-electron chi connectivity index (χ4n) is 9.03. The van der Waals surface area contributed by atoms with E-state index in [2.05, 4.69) is 15.6 Å². The van der Waals surface area contributed by atoms with Crippen LogP contribution in [0.1, 0.15) is 100 Å². The first-order valence-electron chi connectivity index (χ1n) is 22.4. The normalized spacial score (nSPS) is 18.5. The lowest BCUT2D eigenvalue weighted by atomic mass is 9.89. The Balaban J connectivity index is 1.41. The molecule has 2 aliphatic heterocycles. The number of hydrogen-bond donors (Lipinski definition) is 2. The van der Waals surface area contributed by atoms with Crippen molar-refractivity contribution in [3.8, 4) is 0 Å². The van der Waals surface area contributed by atoms with E-state index >= 15 is 0 Å². The molecule has 63 heavy (non-hydrogen) atoms. The lowest BCUT2D eigenvalue weighted by Gasteiger charge is -2.41. The van der Waals surface area contributed by atoms with Crippen LogP contribution in [-0.2, 0) is 39.9 Å². The van der Waals surface area contributed by atoms with Crippen molar-refractivity contribution in [2.45, 2.75) is 117 Å². The number of carbonyl (C=O) groups excluding carboxylic acids is 6. The average molecular weight is 878 g/mol. The number of aromatic nitrogens is 1. The van der Waals surface area contributed by atoms with E-state index in [1.54, 1.807) is 79.7 Å². The van der Waals surface area contributed by atoms with Gasteiger partial charge >= 0.3 is 0 Å². The summed E-state index contributed by atoms with van der Waals surface area (Å²) < 4.78 is 12.0. The maximum absolute atomic E-state index is 14.6. The summed E-state index contributed by atoms with van der Waals surface area (Å²) in [6, 6.07) is 7.96.